The second kappa shape index (κ2) is 7.58. The number of benzene rings is 3. The third-order valence-electron chi connectivity index (χ3n) is 6.92. The number of aromatic nitrogens is 1. The van der Waals surface area contributed by atoms with Crippen molar-refractivity contribution in [1.29, 1.82) is 0 Å². The van der Waals surface area contributed by atoms with Crippen molar-refractivity contribution in [1.82, 2.24) is 0 Å². The molecule has 0 spiro atoms. The standard InChI is InChI=1S/C31H36NO/c1-18(2)13-21-9-10-24-20(4)30-27(19(3)25(24)15-21)29-28-23(11-12-32(29)8)14-22(16-26(28)33-30)17-31(5,6)7/h9-12,14-16,18H,13,17H2,1-8H3/q+1. The lowest BCUT2D eigenvalue weighted by atomic mass is 9.85. The molecule has 0 atom stereocenters. The Morgan fingerprint density at radius 2 is 1.67 bits per heavy atom. The fourth-order valence-electron chi connectivity index (χ4n) is 5.59. The minimum Gasteiger partial charge on any atom is -0.455 e. The highest BCUT2D eigenvalue weighted by atomic mass is 16.5. The van der Waals surface area contributed by atoms with E-state index in [-0.39, 0.29) is 5.41 Å². The molecule has 0 unspecified atom stereocenters. The Labute approximate surface area is 198 Å². The van der Waals surface area contributed by atoms with E-state index in [4.69, 9.17) is 4.74 Å². The largest absolute Gasteiger partial charge is 0.455 e. The van der Waals surface area contributed by atoms with Gasteiger partial charge in [0.2, 0.25) is 5.69 Å². The molecule has 1 aliphatic rings. The van der Waals surface area contributed by atoms with Crippen LogP contribution in [0.4, 0.5) is 0 Å². The molecule has 33 heavy (non-hydrogen) atoms. The lowest BCUT2D eigenvalue weighted by Crippen LogP contribution is -2.32. The molecule has 0 bridgehead atoms. The summed E-state index contributed by atoms with van der Waals surface area (Å²) in [4.78, 5) is 0. The monoisotopic (exact) mass is 438 g/mol. The van der Waals surface area contributed by atoms with Crippen LogP contribution in [0.3, 0.4) is 0 Å². The van der Waals surface area contributed by atoms with Gasteiger partial charge in [-0.05, 0) is 76.9 Å². The molecule has 0 fully saturated rings. The second-order valence-corrected chi connectivity index (χ2v) is 11.6. The van der Waals surface area contributed by atoms with E-state index >= 15 is 0 Å². The topological polar surface area (TPSA) is 13.1 Å². The van der Waals surface area contributed by atoms with Gasteiger partial charge in [-0.2, -0.15) is 0 Å². The van der Waals surface area contributed by atoms with E-state index < -0.39 is 0 Å². The zero-order valence-electron chi connectivity index (χ0n) is 21.4. The number of aryl methyl sites for hydroxylation is 3. The average Bonchev–Trinajstić information content (AvgIpc) is 2.72. The van der Waals surface area contributed by atoms with Crippen LogP contribution < -0.4 is 9.30 Å². The first-order valence-corrected chi connectivity index (χ1v) is 12.2. The van der Waals surface area contributed by atoms with Crippen LogP contribution in [0.25, 0.3) is 32.8 Å². The molecule has 3 aromatic carbocycles. The van der Waals surface area contributed by atoms with Gasteiger partial charge in [-0.25, -0.2) is 4.57 Å². The Balaban J connectivity index is 1.82. The van der Waals surface area contributed by atoms with Gasteiger partial charge in [-0.1, -0.05) is 58.9 Å². The lowest BCUT2D eigenvalue weighted by molar-refractivity contribution is -0.659. The van der Waals surface area contributed by atoms with E-state index in [0.717, 1.165) is 24.3 Å². The van der Waals surface area contributed by atoms with Gasteiger partial charge < -0.3 is 4.74 Å². The Bertz CT molecular complexity index is 1420. The van der Waals surface area contributed by atoms with E-state index in [0.29, 0.717) is 5.92 Å². The van der Waals surface area contributed by atoms with Gasteiger partial charge in [0.05, 0.1) is 10.9 Å². The molecule has 0 saturated heterocycles. The maximum Gasteiger partial charge on any atom is 0.228 e. The van der Waals surface area contributed by atoms with Gasteiger partial charge in [0, 0.05) is 11.6 Å². The molecule has 0 N–H and O–H groups in total. The van der Waals surface area contributed by atoms with Crippen LogP contribution in [0.15, 0.2) is 42.6 Å². The van der Waals surface area contributed by atoms with Gasteiger partial charge in [0.15, 0.2) is 6.20 Å². The summed E-state index contributed by atoms with van der Waals surface area (Å²) in [6.45, 7) is 15.9. The molecule has 0 radical (unpaired) electrons. The van der Waals surface area contributed by atoms with E-state index in [2.05, 4.69) is 103 Å². The summed E-state index contributed by atoms with van der Waals surface area (Å²) >= 11 is 0. The molecule has 1 aromatic heterocycles. The van der Waals surface area contributed by atoms with E-state index in [9.17, 15) is 0 Å². The molecule has 0 aliphatic carbocycles. The van der Waals surface area contributed by atoms with Crippen molar-refractivity contribution in [2.75, 3.05) is 0 Å². The molecule has 1 aliphatic heterocycles. The highest BCUT2D eigenvalue weighted by molar-refractivity contribution is 6.06. The summed E-state index contributed by atoms with van der Waals surface area (Å²) in [7, 11) is 2.16. The quantitative estimate of drug-likeness (QED) is 0.260. The minimum atomic E-state index is 0.228. The maximum atomic E-state index is 6.76. The summed E-state index contributed by atoms with van der Waals surface area (Å²) in [5, 5.41) is 5.13. The van der Waals surface area contributed by atoms with Crippen molar-refractivity contribution in [2.24, 2.45) is 18.4 Å². The highest BCUT2D eigenvalue weighted by Gasteiger charge is 2.32. The Hall–Kier alpha value is -2.87. The minimum absolute atomic E-state index is 0.228. The molecule has 2 heterocycles. The van der Waals surface area contributed by atoms with Crippen LogP contribution in [0.1, 0.15) is 56.9 Å². The molecular formula is C31H36NO+. The van der Waals surface area contributed by atoms with Crippen LogP contribution in [0, 0.1) is 25.2 Å². The highest BCUT2D eigenvalue weighted by Crippen LogP contribution is 2.50. The van der Waals surface area contributed by atoms with Crippen LogP contribution in [0.5, 0.6) is 11.5 Å². The van der Waals surface area contributed by atoms with Crippen LogP contribution in [-0.4, -0.2) is 0 Å². The van der Waals surface area contributed by atoms with Crippen LogP contribution >= 0.6 is 0 Å². The van der Waals surface area contributed by atoms with E-state index in [1.165, 1.54) is 55.1 Å². The third-order valence-corrected chi connectivity index (χ3v) is 6.92. The summed E-state index contributed by atoms with van der Waals surface area (Å²) < 4.78 is 9.03. The van der Waals surface area contributed by atoms with Crippen molar-refractivity contribution in [3.63, 3.8) is 0 Å². The number of fused-ring (bicyclic) bond motifs is 3. The molecule has 5 rings (SSSR count). The van der Waals surface area contributed by atoms with E-state index in [1.54, 1.807) is 0 Å². The van der Waals surface area contributed by atoms with Crippen molar-refractivity contribution in [3.05, 3.63) is 64.8 Å². The number of pyridine rings is 1. The SMILES string of the molecule is Cc1c2c(c(C)c3cc(CC(C)C)ccc13)-c1c3c(cc(CC(C)(C)C)cc3cc[n+]1C)O2. The normalized spacial score (nSPS) is 13.0. The second-order valence-electron chi connectivity index (χ2n) is 11.6. The van der Waals surface area contributed by atoms with Gasteiger partial charge in [0.1, 0.15) is 18.5 Å². The fourth-order valence-corrected chi connectivity index (χ4v) is 5.59. The first kappa shape index (κ1) is 21.9. The maximum absolute atomic E-state index is 6.76. The summed E-state index contributed by atoms with van der Waals surface area (Å²) in [6.07, 6.45) is 4.33. The number of hydrogen-bond donors (Lipinski definition) is 0. The molecular weight excluding hydrogens is 402 g/mol. The van der Waals surface area contributed by atoms with E-state index in [1.807, 2.05) is 0 Å². The Morgan fingerprint density at radius 3 is 2.36 bits per heavy atom. The first-order chi connectivity index (χ1) is 15.5. The predicted molar refractivity (Wildman–Crippen MR) is 139 cm³/mol. The summed E-state index contributed by atoms with van der Waals surface area (Å²) in [6, 6.07) is 13.8. The zero-order chi connectivity index (χ0) is 23.7. The summed E-state index contributed by atoms with van der Waals surface area (Å²) in [5.74, 6) is 2.65. The molecule has 2 heteroatoms. The smallest absolute Gasteiger partial charge is 0.228 e. The fraction of sp³-hybridized carbons (Fsp3) is 0.387. The zero-order valence-corrected chi connectivity index (χ0v) is 21.4. The van der Waals surface area contributed by atoms with Crippen molar-refractivity contribution in [2.45, 2.75) is 61.3 Å². The van der Waals surface area contributed by atoms with Crippen molar-refractivity contribution >= 4 is 21.5 Å². The Kier molecular flexibility index (Phi) is 5.04. The van der Waals surface area contributed by atoms with Gasteiger partial charge in [-0.15, -0.1) is 0 Å². The number of hydrogen-bond acceptors (Lipinski definition) is 1. The Morgan fingerprint density at radius 1 is 0.909 bits per heavy atom. The van der Waals surface area contributed by atoms with Crippen molar-refractivity contribution < 1.29 is 9.30 Å². The summed E-state index contributed by atoms with van der Waals surface area (Å²) in [5.41, 5.74) is 8.02. The first-order valence-electron chi connectivity index (χ1n) is 12.2. The lowest BCUT2D eigenvalue weighted by Gasteiger charge is -2.26. The number of nitrogens with zero attached hydrogens (tertiary/aromatic N) is 1. The number of rotatable bonds is 3. The third kappa shape index (κ3) is 3.70. The average molecular weight is 439 g/mol. The molecule has 2 nitrogen and oxygen atoms in total. The molecule has 4 aromatic rings. The van der Waals surface area contributed by atoms with Gasteiger partial charge in [-0.3, -0.25) is 0 Å². The molecule has 0 saturated carbocycles. The van der Waals surface area contributed by atoms with Gasteiger partial charge in [0.25, 0.3) is 0 Å². The van der Waals surface area contributed by atoms with Crippen LogP contribution in [-0.2, 0) is 19.9 Å². The predicted octanol–water partition coefficient (Wildman–Crippen LogP) is 7.99. The van der Waals surface area contributed by atoms with Gasteiger partial charge >= 0.3 is 0 Å². The van der Waals surface area contributed by atoms with Crippen molar-refractivity contribution in [3.8, 4) is 22.8 Å². The number of ether oxygens (including phenoxy) is 1. The van der Waals surface area contributed by atoms with Crippen LogP contribution in [0.2, 0.25) is 0 Å². The molecule has 0 amide bonds. The molecule has 170 valence electrons.